The third-order valence-electron chi connectivity index (χ3n) is 5.82. The van der Waals surface area contributed by atoms with E-state index < -0.39 is 0 Å². The first-order valence-electron chi connectivity index (χ1n) is 8.27. The summed E-state index contributed by atoms with van der Waals surface area (Å²) in [6.45, 7) is 3.37. The molecule has 2 aliphatic carbocycles. The molecule has 1 aliphatic heterocycles. The monoisotopic (exact) mass is 271 g/mol. The van der Waals surface area contributed by atoms with E-state index in [9.17, 15) is 0 Å². The molecule has 0 amide bonds. The number of para-hydroxylation sites is 1. The van der Waals surface area contributed by atoms with Gasteiger partial charge >= 0.3 is 0 Å². The molecule has 1 heterocycles. The number of ether oxygens (including phenoxy) is 1. The summed E-state index contributed by atoms with van der Waals surface area (Å²) in [5, 5.41) is 3.76. The fourth-order valence-corrected chi connectivity index (χ4v) is 4.74. The van der Waals surface area contributed by atoms with Gasteiger partial charge in [0.25, 0.3) is 0 Å². The summed E-state index contributed by atoms with van der Waals surface area (Å²) in [6, 6.07) is 9.10. The lowest BCUT2D eigenvalue weighted by molar-refractivity contribution is 0.199. The predicted molar refractivity (Wildman–Crippen MR) is 81.0 cm³/mol. The average molecular weight is 271 g/mol. The SMILES string of the molecule is CC(NCC1Cc2ccccc2O1)C1CC2CCC1C2. The first kappa shape index (κ1) is 12.7. The number of nitrogens with one attached hydrogen (secondary N) is 1. The Balaban J connectivity index is 1.29. The lowest BCUT2D eigenvalue weighted by Gasteiger charge is -2.29. The Hall–Kier alpha value is -1.02. The quantitative estimate of drug-likeness (QED) is 0.906. The lowest BCUT2D eigenvalue weighted by Crippen LogP contribution is -2.41. The predicted octanol–water partition coefficient (Wildman–Crippen LogP) is 3.40. The fraction of sp³-hybridized carbons (Fsp3) is 0.667. The summed E-state index contributed by atoms with van der Waals surface area (Å²) in [6.07, 6.45) is 7.33. The maximum Gasteiger partial charge on any atom is 0.123 e. The standard InChI is InChI=1S/C18H25NO/c1-12(17-9-13-6-7-14(17)8-13)19-11-16-10-15-4-2-3-5-18(15)20-16/h2-5,12-14,16-17,19H,6-11H2,1H3. The van der Waals surface area contributed by atoms with Crippen molar-refractivity contribution in [2.75, 3.05) is 6.54 Å². The minimum Gasteiger partial charge on any atom is -0.488 e. The molecule has 4 rings (SSSR count). The fourth-order valence-electron chi connectivity index (χ4n) is 4.74. The summed E-state index contributed by atoms with van der Waals surface area (Å²) in [5.74, 6) is 4.05. The van der Waals surface area contributed by atoms with E-state index in [1.807, 2.05) is 0 Å². The normalized spacial score (nSPS) is 35.9. The Morgan fingerprint density at radius 1 is 1.25 bits per heavy atom. The van der Waals surface area contributed by atoms with E-state index in [1.165, 1.54) is 31.2 Å². The van der Waals surface area contributed by atoms with Crippen molar-refractivity contribution in [1.82, 2.24) is 5.32 Å². The van der Waals surface area contributed by atoms with E-state index in [0.29, 0.717) is 12.1 Å². The zero-order chi connectivity index (χ0) is 13.5. The van der Waals surface area contributed by atoms with Gasteiger partial charge in [-0.25, -0.2) is 0 Å². The van der Waals surface area contributed by atoms with E-state index in [4.69, 9.17) is 4.74 Å². The first-order chi connectivity index (χ1) is 9.79. The van der Waals surface area contributed by atoms with E-state index in [0.717, 1.165) is 36.5 Å². The molecule has 20 heavy (non-hydrogen) atoms. The largest absolute Gasteiger partial charge is 0.488 e. The summed E-state index contributed by atoms with van der Waals surface area (Å²) >= 11 is 0. The second-order valence-corrected chi connectivity index (χ2v) is 7.09. The van der Waals surface area contributed by atoms with Crippen molar-refractivity contribution in [2.24, 2.45) is 17.8 Å². The number of rotatable bonds is 4. The van der Waals surface area contributed by atoms with Crippen LogP contribution in [-0.4, -0.2) is 18.7 Å². The van der Waals surface area contributed by atoms with Crippen molar-refractivity contribution < 1.29 is 4.74 Å². The van der Waals surface area contributed by atoms with Crippen LogP contribution in [-0.2, 0) is 6.42 Å². The van der Waals surface area contributed by atoms with E-state index >= 15 is 0 Å². The van der Waals surface area contributed by atoms with Crippen LogP contribution in [0.3, 0.4) is 0 Å². The van der Waals surface area contributed by atoms with Crippen LogP contribution in [0, 0.1) is 17.8 Å². The van der Waals surface area contributed by atoms with Crippen LogP contribution in [0.15, 0.2) is 24.3 Å². The Morgan fingerprint density at radius 2 is 2.15 bits per heavy atom. The highest BCUT2D eigenvalue weighted by atomic mass is 16.5. The molecular formula is C18H25NO. The molecule has 2 bridgehead atoms. The lowest BCUT2D eigenvalue weighted by atomic mass is 9.84. The molecule has 0 saturated heterocycles. The Labute approximate surface area is 121 Å². The molecule has 108 valence electrons. The molecule has 1 aromatic rings. The maximum absolute atomic E-state index is 6.02. The number of hydrogen-bond acceptors (Lipinski definition) is 2. The molecule has 3 aliphatic rings. The molecule has 5 atom stereocenters. The highest BCUT2D eigenvalue weighted by molar-refractivity contribution is 5.37. The summed E-state index contributed by atoms with van der Waals surface area (Å²) in [4.78, 5) is 0. The van der Waals surface area contributed by atoms with Gasteiger partial charge in [-0.15, -0.1) is 0 Å². The maximum atomic E-state index is 6.02. The smallest absolute Gasteiger partial charge is 0.123 e. The van der Waals surface area contributed by atoms with E-state index in [2.05, 4.69) is 36.5 Å². The molecule has 5 unspecified atom stereocenters. The molecule has 1 N–H and O–H groups in total. The summed E-state index contributed by atoms with van der Waals surface area (Å²) < 4.78 is 6.02. The molecule has 1 aromatic carbocycles. The van der Waals surface area contributed by atoms with Gasteiger partial charge in [0, 0.05) is 19.0 Å². The van der Waals surface area contributed by atoms with Gasteiger partial charge in [-0.05, 0) is 55.6 Å². The van der Waals surface area contributed by atoms with Crippen molar-refractivity contribution >= 4 is 0 Å². The summed E-state index contributed by atoms with van der Waals surface area (Å²) in [7, 11) is 0. The van der Waals surface area contributed by atoms with Crippen LogP contribution in [0.25, 0.3) is 0 Å². The molecule has 2 heteroatoms. The highest BCUT2D eigenvalue weighted by Crippen LogP contribution is 2.49. The third kappa shape index (κ3) is 2.24. The molecule has 2 saturated carbocycles. The van der Waals surface area contributed by atoms with Crippen LogP contribution in [0.2, 0.25) is 0 Å². The molecule has 2 nitrogen and oxygen atoms in total. The highest BCUT2D eigenvalue weighted by Gasteiger charge is 2.41. The van der Waals surface area contributed by atoms with Crippen molar-refractivity contribution in [3.05, 3.63) is 29.8 Å². The van der Waals surface area contributed by atoms with Crippen molar-refractivity contribution in [3.8, 4) is 5.75 Å². The molecular weight excluding hydrogens is 246 g/mol. The van der Waals surface area contributed by atoms with Gasteiger partial charge in [-0.3, -0.25) is 0 Å². The zero-order valence-electron chi connectivity index (χ0n) is 12.3. The number of benzene rings is 1. The van der Waals surface area contributed by atoms with Gasteiger partial charge in [0.2, 0.25) is 0 Å². The van der Waals surface area contributed by atoms with Gasteiger partial charge in [0.05, 0.1) is 0 Å². The van der Waals surface area contributed by atoms with Crippen molar-refractivity contribution in [2.45, 2.75) is 51.2 Å². The second kappa shape index (κ2) is 5.07. The van der Waals surface area contributed by atoms with Crippen LogP contribution in [0.4, 0.5) is 0 Å². The van der Waals surface area contributed by atoms with Gasteiger partial charge < -0.3 is 10.1 Å². The van der Waals surface area contributed by atoms with Gasteiger partial charge in [0.1, 0.15) is 11.9 Å². The number of fused-ring (bicyclic) bond motifs is 3. The van der Waals surface area contributed by atoms with Crippen LogP contribution < -0.4 is 10.1 Å². The Morgan fingerprint density at radius 3 is 2.90 bits per heavy atom. The third-order valence-corrected chi connectivity index (χ3v) is 5.82. The van der Waals surface area contributed by atoms with Crippen LogP contribution >= 0.6 is 0 Å². The van der Waals surface area contributed by atoms with Crippen LogP contribution in [0.5, 0.6) is 5.75 Å². The minimum absolute atomic E-state index is 0.327. The first-order valence-corrected chi connectivity index (χ1v) is 8.27. The van der Waals surface area contributed by atoms with Gasteiger partial charge in [-0.2, -0.15) is 0 Å². The molecule has 0 aromatic heterocycles. The number of hydrogen-bond donors (Lipinski definition) is 1. The van der Waals surface area contributed by atoms with E-state index in [-0.39, 0.29) is 0 Å². The average Bonchev–Trinajstić information content (AvgIpc) is 3.18. The Bertz CT molecular complexity index is 461. The van der Waals surface area contributed by atoms with E-state index in [1.54, 1.807) is 0 Å². The minimum atomic E-state index is 0.327. The molecule has 2 fully saturated rings. The van der Waals surface area contributed by atoms with Crippen molar-refractivity contribution in [3.63, 3.8) is 0 Å². The van der Waals surface area contributed by atoms with Gasteiger partial charge in [0.15, 0.2) is 0 Å². The zero-order valence-corrected chi connectivity index (χ0v) is 12.3. The molecule has 0 spiro atoms. The molecule has 0 radical (unpaired) electrons. The van der Waals surface area contributed by atoms with Gasteiger partial charge in [-0.1, -0.05) is 24.6 Å². The van der Waals surface area contributed by atoms with Crippen LogP contribution in [0.1, 0.15) is 38.2 Å². The summed E-state index contributed by atoms with van der Waals surface area (Å²) in [5.41, 5.74) is 1.37. The van der Waals surface area contributed by atoms with Crippen molar-refractivity contribution in [1.29, 1.82) is 0 Å². The topological polar surface area (TPSA) is 21.3 Å². The second-order valence-electron chi connectivity index (χ2n) is 7.09. The Kier molecular flexibility index (Phi) is 3.22.